The van der Waals surface area contributed by atoms with E-state index in [0.717, 1.165) is 21.7 Å². The molecule has 0 aliphatic carbocycles. The van der Waals surface area contributed by atoms with Crippen LogP contribution in [0.15, 0.2) is 42.5 Å². The molecule has 25 heavy (non-hydrogen) atoms. The van der Waals surface area contributed by atoms with Gasteiger partial charge in [-0.15, -0.1) is 0 Å². The fourth-order valence-electron chi connectivity index (χ4n) is 2.44. The molecule has 0 atom stereocenters. The number of nitrogens with zero attached hydrogens (tertiary/aromatic N) is 1. The summed E-state index contributed by atoms with van der Waals surface area (Å²) in [5.74, 6) is 0.0596. The van der Waals surface area contributed by atoms with E-state index in [0.29, 0.717) is 17.1 Å². The SMILES string of the molecule is COc1ccccc1NC(=O)CN(c1cc(C)ccc1C)S(C)(=O)=O. The maximum absolute atomic E-state index is 12.4. The van der Waals surface area contributed by atoms with Gasteiger partial charge in [0.2, 0.25) is 15.9 Å². The fraction of sp³-hybridized carbons (Fsp3) is 0.278. The van der Waals surface area contributed by atoms with Gasteiger partial charge in [-0.25, -0.2) is 8.42 Å². The molecule has 0 saturated carbocycles. The number of carbonyl (C=O) groups is 1. The minimum absolute atomic E-state index is 0.318. The number of sulfonamides is 1. The number of nitrogens with one attached hydrogen (secondary N) is 1. The first-order valence-corrected chi connectivity index (χ1v) is 9.55. The molecule has 0 aliphatic rings. The number of para-hydroxylation sites is 2. The van der Waals surface area contributed by atoms with E-state index in [1.54, 1.807) is 30.3 Å². The molecule has 6 nitrogen and oxygen atoms in total. The average Bonchev–Trinajstić information content (AvgIpc) is 2.54. The van der Waals surface area contributed by atoms with Gasteiger partial charge < -0.3 is 10.1 Å². The molecule has 0 radical (unpaired) electrons. The van der Waals surface area contributed by atoms with Crippen LogP contribution in [0.1, 0.15) is 11.1 Å². The van der Waals surface area contributed by atoms with Gasteiger partial charge in [-0.2, -0.15) is 0 Å². The maximum Gasteiger partial charge on any atom is 0.245 e. The number of hydrogen-bond donors (Lipinski definition) is 1. The Hall–Kier alpha value is -2.54. The highest BCUT2D eigenvalue weighted by Gasteiger charge is 2.23. The number of carbonyl (C=O) groups excluding carboxylic acids is 1. The van der Waals surface area contributed by atoms with Crippen molar-refractivity contribution in [3.05, 3.63) is 53.6 Å². The summed E-state index contributed by atoms with van der Waals surface area (Å²) < 4.78 is 30.8. The van der Waals surface area contributed by atoms with Gasteiger partial charge in [0, 0.05) is 0 Å². The lowest BCUT2D eigenvalue weighted by molar-refractivity contribution is -0.114. The Morgan fingerprint density at radius 3 is 2.48 bits per heavy atom. The number of amides is 1. The lowest BCUT2D eigenvalue weighted by atomic mass is 10.1. The van der Waals surface area contributed by atoms with Crippen LogP contribution in [0.4, 0.5) is 11.4 Å². The predicted octanol–water partition coefficient (Wildman–Crippen LogP) is 2.72. The fourth-order valence-corrected chi connectivity index (χ4v) is 3.34. The summed E-state index contributed by atoms with van der Waals surface area (Å²) in [5, 5.41) is 2.70. The summed E-state index contributed by atoms with van der Waals surface area (Å²) in [6.45, 7) is 3.37. The number of benzene rings is 2. The molecule has 0 heterocycles. The minimum atomic E-state index is -3.62. The Kier molecular flexibility index (Phi) is 5.69. The highest BCUT2D eigenvalue weighted by atomic mass is 32.2. The number of methoxy groups -OCH3 is 1. The first-order chi connectivity index (χ1) is 11.7. The number of aryl methyl sites for hydroxylation is 2. The van der Waals surface area contributed by atoms with Gasteiger partial charge in [0.25, 0.3) is 0 Å². The van der Waals surface area contributed by atoms with Crippen molar-refractivity contribution < 1.29 is 17.9 Å². The Labute approximate surface area is 148 Å². The third-order valence-corrected chi connectivity index (χ3v) is 4.83. The largest absolute Gasteiger partial charge is 0.495 e. The number of rotatable bonds is 6. The Bertz CT molecular complexity index is 878. The summed E-state index contributed by atoms with van der Waals surface area (Å²) in [6.07, 6.45) is 1.09. The van der Waals surface area contributed by atoms with Crippen LogP contribution in [0.5, 0.6) is 5.75 Å². The van der Waals surface area contributed by atoms with Gasteiger partial charge in [0.1, 0.15) is 12.3 Å². The van der Waals surface area contributed by atoms with Gasteiger partial charge in [-0.1, -0.05) is 24.3 Å². The second-order valence-electron chi connectivity index (χ2n) is 5.81. The van der Waals surface area contributed by atoms with E-state index in [4.69, 9.17) is 4.74 Å². The van der Waals surface area contributed by atoms with Crippen LogP contribution < -0.4 is 14.4 Å². The standard InChI is InChI=1S/C18H22N2O4S/c1-13-9-10-14(2)16(11-13)20(25(4,22)23)12-18(21)19-15-7-5-6-8-17(15)24-3/h5-11H,12H2,1-4H3,(H,19,21). The number of ether oxygens (including phenoxy) is 1. The van der Waals surface area contributed by atoms with Crippen molar-refractivity contribution >= 4 is 27.3 Å². The van der Waals surface area contributed by atoms with Crippen LogP contribution >= 0.6 is 0 Å². The van der Waals surface area contributed by atoms with Crippen molar-refractivity contribution in [3.8, 4) is 5.75 Å². The smallest absolute Gasteiger partial charge is 0.245 e. The second kappa shape index (κ2) is 7.57. The van der Waals surface area contributed by atoms with Gasteiger partial charge in [0.05, 0.1) is 24.7 Å². The molecule has 134 valence electrons. The van der Waals surface area contributed by atoms with Crippen LogP contribution in [-0.4, -0.2) is 34.2 Å². The quantitative estimate of drug-likeness (QED) is 0.857. The van der Waals surface area contributed by atoms with Crippen molar-refractivity contribution in [2.75, 3.05) is 29.5 Å². The highest BCUT2D eigenvalue weighted by molar-refractivity contribution is 7.92. The van der Waals surface area contributed by atoms with E-state index in [-0.39, 0.29) is 6.54 Å². The first kappa shape index (κ1) is 18.8. The maximum atomic E-state index is 12.4. The molecule has 1 N–H and O–H groups in total. The van der Waals surface area contributed by atoms with E-state index in [9.17, 15) is 13.2 Å². The third kappa shape index (κ3) is 4.73. The summed E-state index contributed by atoms with van der Waals surface area (Å²) in [5.41, 5.74) is 2.68. The van der Waals surface area contributed by atoms with Crippen LogP contribution in [0.2, 0.25) is 0 Å². The number of anilines is 2. The van der Waals surface area contributed by atoms with Crippen molar-refractivity contribution in [3.63, 3.8) is 0 Å². The van der Waals surface area contributed by atoms with Gasteiger partial charge >= 0.3 is 0 Å². The lowest BCUT2D eigenvalue weighted by Gasteiger charge is -2.24. The summed E-state index contributed by atoms with van der Waals surface area (Å²) in [6, 6.07) is 12.4. The van der Waals surface area contributed by atoms with Crippen molar-refractivity contribution in [2.24, 2.45) is 0 Å². The molecular formula is C18H22N2O4S. The molecule has 0 spiro atoms. The monoisotopic (exact) mass is 362 g/mol. The molecule has 7 heteroatoms. The summed E-state index contributed by atoms with van der Waals surface area (Å²) in [7, 11) is -2.12. The van der Waals surface area contributed by atoms with Crippen LogP contribution in [0.3, 0.4) is 0 Å². The van der Waals surface area contributed by atoms with E-state index in [1.807, 2.05) is 26.0 Å². The Balaban J connectivity index is 2.29. The summed E-state index contributed by atoms with van der Waals surface area (Å²) in [4.78, 5) is 12.4. The van der Waals surface area contributed by atoms with Crippen LogP contribution in [0, 0.1) is 13.8 Å². The van der Waals surface area contributed by atoms with Crippen molar-refractivity contribution in [1.29, 1.82) is 0 Å². The molecule has 0 aliphatic heterocycles. The second-order valence-corrected chi connectivity index (χ2v) is 7.71. The van der Waals surface area contributed by atoms with Crippen molar-refractivity contribution in [2.45, 2.75) is 13.8 Å². The zero-order chi connectivity index (χ0) is 18.6. The molecule has 0 unspecified atom stereocenters. The zero-order valence-electron chi connectivity index (χ0n) is 14.7. The molecule has 0 bridgehead atoms. The average molecular weight is 362 g/mol. The normalized spacial score (nSPS) is 11.0. The number of hydrogen-bond acceptors (Lipinski definition) is 4. The van der Waals surface area contributed by atoms with Crippen molar-refractivity contribution in [1.82, 2.24) is 0 Å². The molecule has 2 rings (SSSR count). The minimum Gasteiger partial charge on any atom is -0.495 e. The van der Waals surface area contributed by atoms with E-state index in [1.165, 1.54) is 7.11 Å². The topological polar surface area (TPSA) is 75.7 Å². The molecular weight excluding hydrogens is 340 g/mol. The zero-order valence-corrected chi connectivity index (χ0v) is 15.6. The molecule has 2 aromatic carbocycles. The highest BCUT2D eigenvalue weighted by Crippen LogP contribution is 2.25. The van der Waals surface area contributed by atoms with E-state index < -0.39 is 15.9 Å². The molecule has 0 aromatic heterocycles. The molecule has 0 fully saturated rings. The van der Waals surface area contributed by atoms with Crippen LogP contribution in [0.25, 0.3) is 0 Å². The van der Waals surface area contributed by atoms with Gasteiger partial charge in [0.15, 0.2) is 0 Å². The molecule has 2 aromatic rings. The first-order valence-electron chi connectivity index (χ1n) is 7.70. The van der Waals surface area contributed by atoms with E-state index in [2.05, 4.69) is 5.32 Å². The van der Waals surface area contributed by atoms with Gasteiger partial charge in [-0.3, -0.25) is 9.10 Å². The Morgan fingerprint density at radius 1 is 1.16 bits per heavy atom. The predicted molar refractivity (Wildman–Crippen MR) is 99.7 cm³/mol. The summed E-state index contributed by atoms with van der Waals surface area (Å²) >= 11 is 0. The third-order valence-electron chi connectivity index (χ3n) is 3.70. The molecule has 1 amide bonds. The van der Waals surface area contributed by atoms with Crippen LogP contribution in [-0.2, 0) is 14.8 Å². The Morgan fingerprint density at radius 2 is 1.84 bits per heavy atom. The lowest BCUT2D eigenvalue weighted by Crippen LogP contribution is -2.38. The molecule has 0 saturated heterocycles. The van der Waals surface area contributed by atoms with E-state index >= 15 is 0 Å². The van der Waals surface area contributed by atoms with Gasteiger partial charge in [-0.05, 0) is 43.2 Å².